The van der Waals surface area contributed by atoms with Crippen LogP contribution in [0.4, 0.5) is 0 Å². The highest BCUT2D eigenvalue weighted by Crippen LogP contribution is 2.22. The predicted octanol–water partition coefficient (Wildman–Crippen LogP) is 2.95. The van der Waals surface area contributed by atoms with Crippen LogP contribution in [-0.2, 0) is 6.54 Å². The molecule has 0 radical (unpaired) electrons. The van der Waals surface area contributed by atoms with Gasteiger partial charge in [0.2, 0.25) is 0 Å². The lowest BCUT2D eigenvalue weighted by Crippen LogP contribution is -2.19. The van der Waals surface area contributed by atoms with E-state index in [1.165, 1.54) is 0 Å². The van der Waals surface area contributed by atoms with Crippen LogP contribution in [0.15, 0.2) is 42.6 Å². The van der Waals surface area contributed by atoms with Crippen molar-refractivity contribution in [1.82, 2.24) is 10.3 Å². The summed E-state index contributed by atoms with van der Waals surface area (Å²) in [4.78, 5) is 4.35. The molecule has 0 aliphatic rings. The molecule has 106 valence electrons. The number of hydrogen-bond donors (Lipinski definition) is 1. The Hall–Kier alpha value is -2.07. The summed E-state index contributed by atoms with van der Waals surface area (Å²) < 4.78 is 10.5. The van der Waals surface area contributed by atoms with Gasteiger partial charge >= 0.3 is 0 Å². The number of benzene rings is 1. The highest BCUT2D eigenvalue weighted by Gasteiger charge is 2.07. The quantitative estimate of drug-likeness (QED) is 0.878. The molecule has 4 nitrogen and oxygen atoms in total. The van der Waals surface area contributed by atoms with Crippen LogP contribution < -0.4 is 14.8 Å². The highest BCUT2D eigenvalue weighted by atomic mass is 16.5. The summed E-state index contributed by atoms with van der Waals surface area (Å²) in [6.07, 6.45) is 1.81. The van der Waals surface area contributed by atoms with E-state index in [9.17, 15) is 0 Å². The van der Waals surface area contributed by atoms with E-state index in [1.54, 1.807) is 14.2 Å². The third-order valence-electron chi connectivity index (χ3n) is 3.16. The molecule has 2 aromatic rings. The Morgan fingerprint density at radius 2 is 1.80 bits per heavy atom. The molecule has 1 heterocycles. The molecule has 0 saturated heterocycles. The Balaban J connectivity index is 2.03. The summed E-state index contributed by atoms with van der Waals surface area (Å²) in [5.74, 6) is 1.60. The number of pyridine rings is 1. The Morgan fingerprint density at radius 1 is 1.10 bits per heavy atom. The van der Waals surface area contributed by atoms with Gasteiger partial charge in [0.25, 0.3) is 0 Å². The van der Waals surface area contributed by atoms with Gasteiger partial charge in [0.15, 0.2) is 0 Å². The van der Waals surface area contributed by atoms with Crippen LogP contribution in [0, 0.1) is 0 Å². The van der Waals surface area contributed by atoms with Gasteiger partial charge in [0, 0.05) is 24.8 Å². The van der Waals surface area contributed by atoms with Gasteiger partial charge in [-0.3, -0.25) is 4.98 Å². The monoisotopic (exact) mass is 272 g/mol. The first kappa shape index (κ1) is 14.3. The molecule has 0 spiro atoms. The molecule has 1 atom stereocenters. The van der Waals surface area contributed by atoms with Gasteiger partial charge in [-0.2, -0.15) is 0 Å². The predicted molar refractivity (Wildman–Crippen MR) is 79.0 cm³/mol. The van der Waals surface area contributed by atoms with Gasteiger partial charge in [-0.15, -0.1) is 0 Å². The van der Waals surface area contributed by atoms with Crippen molar-refractivity contribution in [3.63, 3.8) is 0 Å². The fourth-order valence-electron chi connectivity index (χ4n) is 1.98. The second-order valence-electron chi connectivity index (χ2n) is 4.58. The van der Waals surface area contributed by atoms with Crippen LogP contribution in [-0.4, -0.2) is 19.2 Å². The highest BCUT2D eigenvalue weighted by molar-refractivity contribution is 5.38. The molecule has 1 N–H and O–H groups in total. The van der Waals surface area contributed by atoms with Crippen molar-refractivity contribution in [3.8, 4) is 11.5 Å². The number of rotatable bonds is 6. The van der Waals surface area contributed by atoms with Gasteiger partial charge in [-0.1, -0.05) is 6.07 Å². The average molecular weight is 272 g/mol. The normalized spacial score (nSPS) is 11.9. The minimum absolute atomic E-state index is 0.188. The molecule has 1 aromatic carbocycles. The zero-order valence-electron chi connectivity index (χ0n) is 12.1. The van der Waals surface area contributed by atoms with Gasteiger partial charge < -0.3 is 14.8 Å². The van der Waals surface area contributed by atoms with Crippen molar-refractivity contribution in [1.29, 1.82) is 0 Å². The van der Waals surface area contributed by atoms with Crippen molar-refractivity contribution < 1.29 is 9.47 Å². The van der Waals surface area contributed by atoms with Crippen molar-refractivity contribution >= 4 is 0 Å². The van der Waals surface area contributed by atoms with Crippen molar-refractivity contribution in [2.24, 2.45) is 0 Å². The van der Waals surface area contributed by atoms with E-state index in [-0.39, 0.29) is 6.04 Å². The lowest BCUT2D eigenvalue weighted by molar-refractivity contribution is 0.392. The lowest BCUT2D eigenvalue weighted by atomic mass is 10.1. The number of nitrogens with one attached hydrogen (secondary N) is 1. The second kappa shape index (κ2) is 6.91. The number of nitrogens with zero attached hydrogens (tertiary/aromatic N) is 1. The minimum atomic E-state index is 0.188. The number of hydrogen-bond acceptors (Lipinski definition) is 4. The van der Waals surface area contributed by atoms with E-state index >= 15 is 0 Å². The molecule has 0 aliphatic carbocycles. The van der Waals surface area contributed by atoms with Crippen LogP contribution in [0.3, 0.4) is 0 Å². The SMILES string of the molecule is COc1cc(CNC(C)c2ccccn2)cc(OC)c1. The van der Waals surface area contributed by atoms with Gasteiger partial charge in [0.1, 0.15) is 11.5 Å². The molecule has 0 amide bonds. The molecular formula is C16H20N2O2. The third kappa shape index (κ3) is 3.71. The molecule has 2 rings (SSSR count). The molecule has 0 fully saturated rings. The summed E-state index contributed by atoms with van der Waals surface area (Å²) in [6.45, 7) is 2.82. The van der Waals surface area contributed by atoms with E-state index < -0.39 is 0 Å². The molecule has 1 unspecified atom stereocenters. The summed E-state index contributed by atoms with van der Waals surface area (Å²) in [5, 5.41) is 3.44. The first-order valence-electron chi connectivity index (χ1n) is 6.59. The minimum Gasteiger partial charge on any atom is -0.497 e. The summed E-state index contributed by atoms with van der Waals surface area (Å²) >= 11 is 0. The standard InChI is InChI=1S/C16H20N2O2/c1-12(16-6-4-5-7-17-16)18-11-13-8-14(19-2)10-15(9-13)20-3/h4-10,12,18H,11H2,1-3H3. The summed E-state index contributed by atoms with van der Waals surface area (Å²) in [6, 6.07) is 12.0. The molecule has 0 bridgehead atoms. The largest absolute Gasteiger partial charge is 0.497 e. The smallest absolute Gasteiger partial charge is 0.122 e. The van der Waals surface area contributed by atoms with Crippen LogP contribution in [0.25, 0.3) is 0 Å². The zero-order chi connectivity index (χ0) is 14.4. The van der Waals surface area contributed by atoms with Crippen LogP contribution in [0.1, 0.15) is 24.2 Å². The maximum absolute atomic E-state index is 5.27. The Morgan fingerprint density at radius 3 is 2.35 bits per heavy atom. The third-order valence-corrected chi connectivity index (χ3v) is 3.16. The van der Waals surface area contributed by atoms with Crippen LogP contribution in [0.5, 0.6) is 11.5 Å². The fraction of sp³-hybridized carbons (Fsp3) is 0.312. The van der Waals surface area contributed by atoms with Crippen molar-refractivity contribution in [3.05, 3.63) is 53.9 Å². The average Bonchev–Trinajstić information content (AvgIpc) is 2.53. The van der Waals surface area contributed by atoms with Gasteiger partial charge in [-0.05, 0) is 36.8 Å². The van der Waals surface area contributed by atoms with E-state index in [4.69, 9.17) is 9.47 Å². The number of methoxy groups -OCH3 is 2. The van der Waals surface area contributed by atoms with Gasteiger partial charge in [-0.25, -0.2) is 0 Å². The molecule has 20 heavy (non-hydrogen) atoms. The number of ether oxygens (including phenoxy) is 2. The maximum atomic E-state index is 5.27. The molecule has 1 aromatic heterocycles. The Kier molecular flexibility index (Phi) is 4.96. The van der Waals surface area contributed by atoms with Crippen molar-refractivity contribution in [2.45, 2.75) is 19.5 Å². The molecule has 0 saturated carbocycles. The van der Waals surface area contributed by atoms with Gasteiger partial charge in [0.05, 0.1) is 19.9 Å². The Bertz CT molecular complexity index is 521. The van der Waals surface area contributed by atoms with Crippen LogP contribution in [0.2, 0.25) is 0 Å². The molecular weight excluding hydrogens is 252 g/mol. The fourth-order valence-corrected chi connectivity index (χ4v) is 1.98. The summed E-state index contributed by atoms with van der Waals surface area (Å²) in [5.41, 5.74) is 2.14. The topological polar surface area (TPSA) is 43.4 Å². The van der Waals surface area contributed by atoms with Crippen molar-refractivity contribution in [2.75, 3.05) is 14.2 Å². The van der Waals surface area contributed by atoms with E-state index in [2.05, 4.69) is 17.2 Å². The second-order valence-corrected chi connectivity index (χ2v) is 4.58. The Labute approximate surface area is 119 Å². The maximum Gasteiger partial charge on any atom is 0.122 e. The first-order valence-corrected chi connectivity index (χ1v) is 6.59. The van der Waals surface area contributed by atoms with E-state index in [0.717, 1.165) is 29.3 Å². The molecule has 0 aliphatic heterocycles. The lowest BCUT2D eigenvalue weighted by Gasteiger charge is -2.14. The van der Waals surface area contributed by atoms with Crippen LogP contribution >= 0.6 is 0 Å². The summed E-state index contributed by atoms with van der Waals surface area (Å²) in [7, 11) is 3.31. The first-order chi connectivity index (χ1) is 9.72. The number of aromatic nitrogens is 1. The zero-order valence-corrected chi connectivity index (χ0v) is 12.1. The van der Waals surface area contributed by atoms with E-state index in [1.807, 2.05) is 42.6 Å². The molecule has 4 heteroatoms. The van der Waals surface area contributed by atoms with E-state index in [0.29, 0.717) is 0 Å².